The van der Waals surface area contributed by atoms with Gasteiger partial charge in [0.25, 0.3) is 0 Å². The molecule has 37 heavy (non-hydrogen) atoms. The highest BCUT2D eigenvalue weighted by Crippen LogP contribution is 2.29. The molecule has 4 aromatic carbocycles. The van der Waals surface area contributed by atoms with Crippen LogP contribution in [0.5, 0.6) is 0 Å². The van der Waals surface area contributed by atoms with E-state index in [0.717, 1.165) is 37.1 Å². The molecule has 0 atom stereocenters. The number of rotatable bonds is 6. The first kappa shape index (κ1) is 25.2. The molecule has 0 aliphatic heterocycles. The largest absolute Gasteiger partial charge is 0.378 e. The highest BCUT2D eigenvalue weighted by molar-refractivity contribution is 9.10. The highest BCUT2D eigenvalue weighted by atomic mass is 79.9. The number of benzene rings is 4. The maximum Gasteiger partial charge on any atom is 0.219 e. The summed E-state index contributed by atoms with van der Waals surface area (Å²) in [5, 5.41) is 0. The van der Waals surface area contributed by atoms with Crippen LogP contribution in [0.1, 0.15) is 11.3 Å². The normalized spacial score (nSPS) is 11.1. The zero-order valence-electron chi connectivity index (χ0n) is 20.8. The molecule has 0 fully saturated rings. The van der Waals surface area contributed by atoms with Gasteiger partial charge in [-0.15, -0.1) is 0 Å². The minimum absolute atomic E-state index is 1.06. The van der Waals surface area contributed by atoms with E-state index < -0.39 is 0 Å². The fraction of sp³-hybridized carbons (Fsp3) is 0.0606. The third-order valence-corrected chi connectivity index (χ3v) is 7.34. The average molecular weight is 611 g/mol. The molecule has 0 aliphatic rings. The molecule has 0 amide bonds. The summed E-state index contributed by atoms with van der Waals surface area (Å²) in [6.07, 6.45) is 4.40. The number of halogens is 2. The van der Waals surface area contributed by atoms with Gasteiger partial charge < -0.3 is 4.90 Å². The molecule has 0 bridgehead atoms. The van der Waals surface area contributed by atoms with Crippen molar-refractivity contribution in [3.63, 3.8) is 0 Å². The summed E-state index contributed by atoms with van der Waals surface area (Å²) >= 11 is 7.17. The second-order valence-electron chi connectivity index (χ2n) is 9.06. The summed E-state index contributed by atoms with van der Waals surface area (Å²) in [5.74, 6) is 0. The fourth-order valence-corrected chi connectivity index (χ4v) is 4.84. The van der Waals surface area contributed by atoms with Gasteiger partial charge in [0, 0.05) is 64.6 Å². The Morgan fingerprint density at radius 3 is 1.78 bits per heavy atom. The summed E-state index contributed by atoms with van der Waals surface area (Å²) in [4.78, 5) is 2.11. The van der Waals surface area contributed by atoms with Crippen molar-refractivity contribution in [2.24, 2.45) is 0 Å². The lowest BCUT2D eigenvalue weighted by atomic mass is 10.0. The molecule has 2 nitrogen and oxygen atoms in total. The third kappa shape index (κ3) is 5.93. The monoisotopic (exact) mass is 609 g/mol. The van der Waals surface area contributed by atoms with Gasteiger partial charge in [0.1, 0.15) is 0 Å². The lowest BCUT2D eigenvalue weighted by Crippen LogP contribution is -2.37. The Morgan fingerprint density at radius 1 is 0.595 bits per heavy atom. The van der Waals surface area contributed by atoms with Gasteiger partial charge in [-0.05, 0) is 71.3 Å². The van der Waals surface area contributed by atoms with Crippen LogP contribution in [0.25, 0.3) is 40.2 Å². The van der Waals surface area contributed by atoms with Crippen LogP contribution in [0.2, 0.25) is 0 Å². The van der Waals surface area contributed by atoms with Crippen molar-refractivity contribution >= 4 is 49.7 Å². The molecule has 0 unspecified atom stereocenters. The van der Waals surface area contributed by atoms with Crippen LogP contribution >= 0.6 is 31.9 Å². The van der Waals surface area contributed by atoms with Crippen molar-refractivity contribution in [2.75, 3.05) is 19.0 Å². The Kier molecular flexibility index (Phi) is 7.68. The van der Waals surface area contributed by atoms with Crippen molar-refractivity contribution in [3.05, 3.63) is 135 Å². The van der Waals surface area contributed by atoms with Crippen LogP contribution in [-0.4, -0.2) is 14.1 Å². The van der Waals surface area contributed by atoms with Crippen molar-refractivity contribution in [1.82, 2.24) is 0 Å². The summed E-state index contributed by atoms with van der Waals surface area (Å²) < 4.78 is 4.46. The number of hydrogen-bond acceptors (Lipinski definition) is 1. The highest BCUT2D eigenvalue weighted by Gasteiger charge is 2.22. The Hall–Kier alpha value is -3.47. The van der Waals surface area contributed by atoms with Crippen molar-refractivity contribution < 1.29 is 4.57 Å². The molecular formula is C33H27Br2N2+. The molecule has 0 radical (unpaired) electrons. The van der Waals surface area contributed by atoms with E-state index in [4.69, 9.17) is 0 Å². The number of anilines is 1. The predicted octanol–water partition coefficient (Wildman–Crippen LogP) is 9.06. The van der Waals surface area contributed by atoms with Crippen molar-refractivity contribution in [3.8, 4) is 28.1 Å². The summed E-state index contributed by atoms with van der Waals surface area (Å²) in [5.41, 5.74) is 9.17. The van der Waals surface area contributed by atoms with Crippen LogP contribution in [0, 0.1) is 0 Å². The first-order valence-electron chi connectivity index (χ1n) is 12.1. The van der Waals surface area contributed by atoms with Gasteiger partial charge in [-0.3, -0.25) is 0 Å². The van der Waals surface area contributed by atoms with Crippen LogP contribution < -0.4 is 9.47 Å². The standard InChI is InChI=1S/C33H27Br2N2/c1-36(2)30-19-8-24(9-20-30)10-21-32-22-27(25-11-15-28(34)16-12-25)23-33(26-13-17-29(35)18-14-26)37(32)31-6-4-3-5-7-31/h3-23H,1-2H3/q+1. The van der Waals surface area contributed by atoms with Gasteiger partial charge in [-0.2, -0.15) is 4.57 Å². The SMILES string of the molecule is CN(C)c1ccc(/C=C/c2cc(-c3ccc(Br)cc3)cc(-c3ccc(Br)cc3)[n+]2-c2ccccc2)cc1. The van der Waals surface area contributed by atoms with E-state index in [1.165, 1.54) is 16.8 Å². The number of nitrogens with zero attached hydrogens (tertiary/aromatic N) is 2. The number of pyridine rings is 1. The average Bonchev–Trinajstić information content (AvgIpc) is 2.93. The van der Waals surface area contributed by atoms with E-state index in [0.29, 0.717) is 0 Å². The Morgan fingerprint density at radius 2 is 1.19 bits per heavy atom. The maximum absolute atomic E-state index is 3.59. The van der Waals surface area contributed by atoms with Crippen molar-refractivity contribution in [2.45, 2.75) is 0 Å². The molecule has 1 aromatic heterocycles. The van der Waals surface area contributed by atoms with Gasteiger partial charge in [-0.1, -0.05) is 74.3 Å². The Bertz CT molecular complexity index is 1520. The second-order valence-corrected chi connectivity index (χ2v) is 10.9. The Labute approximate surface area is 235 Å². The molecular weight excluding hydrogens is 584 g/mol. The lowest BCUT2D eigenvalue weighted by Gasteiger charge is -2.12. The van der Waals surface area contributed by atoms with Crippen molar-refractivity contribution in [1.29, 1.82) is 0 Å². The quantitative estimate of drug-likeness (QED) is 0.174. The summed E-state index contributed by atoms with van der Waals surface area (Å²) in [6.45, 7) is 0. The van der Waals surface area contributed by atoms with E-state index in [9.17, 15) is 0 Å². The molecule has 182 valence electrons. The maximum atomic E-state index is 3.59. The molecule has 0 saturated carbocycles. The summed E-state index contributed by atoms with van der Waals surface area (Å²) in [7, 11) is 4.12. The molecule has 4 heteroatoms. The smallest absolute Gasteiger partial charge is 0.219 e. The van der Waals surface area contributed by atoms with E-state index in [1.807, 2.05) is 0 Å². The number of aromatic nitrogens is 1. The number of para-hydroxylation sites is 1. The lowest BCUT2D eigenvalue weighted by molar-refractivity contribution is -0.585. The first-order chi connectivity index (χ1) is 18.0. The molecule has 1 heterocycles. The zero-order chi connectivity index (χ0) is 25.8. The predicted molar refractivity (Wildman–Crippen MR) is 164 cm³/mol. The molecule has 0 spiro atoms. The minimum atomic E-state index is 1.06. The van der Waals surface area contributed by atoms with Gasteiger partial charge >= 0.3 is 0 Å². The van der Waals surface area contributed by atoms with Gasteiger partial charge in [0.05, 0.1) is 0 Å². The van der Waals surface area contributed by atoms with Crippen LogP contribution in [-0.2, 0) is 0 Å². The summed E-state index contributed by atoms with van der Waals surface area (Å²) in [6, 6.07) is 40.7. The second kappa shape index (κ2) is 11.3. The fourth-order valence-electron chi connectivity index (χ4n) is 4.31. The third-order valence-electron chi connectivity index (χ3n) is 6.28. The van der Waals surface area contributed by atoms with Gasteiger partial charge in [0.15, 0.2) is 0 Å². The Balaban J connectivity index is 1.72. The van der Waals surface area contributed by atoms with E-state index >= 15 is 0 Å². The topological polar surface area (TPSA) is 7.12 Å². The molecule has 0 saturated heterocycles. The molecule has 5 aromatic rings. The molecule has 0 N–H and O–H groups in total. The van der Waals surface area contributed by atoms with E-state index in [1.54, 1.807) is 0 Å². The zero-order valence-corrected chi connectivity index (χ0v) is 23.9. The molecule has 5 rings (SSSR count). The van der Waals surface area contributed by atoms with Crippen LogP contribution in [0.4, 0.5) is 5.69 Å². The van der Waals surface area contributed by atoms with E-state index in [2.05, 4.69) is 183 Å². The van der Waals surface area contributed by atoms with E-state index in [-0.39, 0.29) is 0 Å². The van der Waals surface area contributed by atoms with Crippen LogP contribution in [0.3, 0.4) is 0 Å². The minimum Gasteiger partial charge on any atom is -0.378 e. The van der Waals surface area contributed by atoms with Crippen LogP contribution in [0.15, 0.2) is 124 Å². The molecule has 0 aliphatic carbocycles. The van der Waals surface area contributed by atoms with Gasteiger partial charge in [-0.25, -0.2) is 0 Å². The number of hydrogen-bond donors (Lipinski definition) is 0. The first-order valence-corrected chi connectivity index (χ1v) is 13.7. The van der Waals surface area contributed by atoms with Gasteiger partial charge in [0.2, 0.25) is 17.1 Å².